The van der Waals surface area contributed by atoms with Crippen molar-refractivity contribution >= 4 is 0 Å². The molecule has 2 heteroatoms. The maximum Gasteiger partial charge on any atom is 0.0224 e. The minimum absolute atomic E-state index is 0.372. The summed E-state index contributed by atoms with van der Waals surface area (Å²) in [6.07, 6.45) is 6.46. The number of hydrogen-bond donors (Lipinski definition) is 1. The molecule has 1 N–H and O–H groups in total. The fourth-order valence-electron chi connectivity index (χ4n) is 2.84. The lowest BCUT2D eigenvalue weighted by Gasteiger charge is -2.38. The zero-order valence-electron chi connectivity index (χ0n) is 11.1. The molecule has 2 heterocycles. The summed E-state index contributed by atoms with van der Waals surface area (Å²) in [7, 11) is 0. The number of rotatable bonds is 1. The van der Waals surface area contributed by atoms with Crippen LogP contribution in [-0.2, 0) is 0 Å². The molecule has 0 spiro atoms. The smallest absolute Gasteiger partial charge is 0.0224 e. The molecule has 0 amide bonds. The van der Waals surface area contributed by atoms with Crippen molar-refractivity contribution in [2.75, 3.05) is 26.2 Å². The second-order valence-electron chi connectivity index (χ2n) is 6.22. The molecule has 0 aromatic carbocycles. The van der Waals surface area contributed by atoms with Gasteiger partial charge in [-0.1, -0.05) is 32.4 Å². The summed E-state index contributed by atoms with van der Waals surface area (Å²) >= 11 is 0. The quantitative estimate of drug-likeness (QED) is 0.685. The molecule has 0 radical (unpaired) electrons. The monoisotopic (exact) mass is 222 g/mol. The van der Waals surface area contributed by atoms with Crippen LogP contribution in [0.1, 0.15) is 40.0 Å². The lowest BCUT2D eigenvalue weighted by molar-refractivity contribution is 0.173. The molecule has 2 aliphatic rings. The molecule has 1 atom stereocenters. The predicted molar refractivity (Wildman–Crippen MR) is 69.6 cm³/mol. The Morgan fingerprint density at radius 2 is 2.19 bits per heavy atom. The Balaban J connectivity index is 1.91. The van der Waals surface area contributed by atoms with E-state index in [0.717, 1.165) is 6.04 Å². The Morgan fingerprint density at radius 3 is 2.69 bits per heavy atom. The minimum Gasteiger partial charge on any atom is -0.315 e. The van der Waals surface area contributed by atoms with E-state index in [4.69, 9.17) is 0 Å². The topological polar surface area (TPSA) is 15.3 Å². The highest BCUT2D eigenvalue weighted by Gasteiger charge is 2.25. The first kappa shape index (κ1) is 12.1. The third-order valence-electron chi connectivity index (χ3n) is 3.99. The van der Waals surface area contributed by atoms with Crippen LogP contribution in [0.3, 0.4) is 0 Å². The second kappa shape index (κ2) is 4.89. The Kier molecular flexibility index (Phi) is 3.70. The molecule has 0 aliphatic carbocycles. The van der Waals surface area contributed by atoms with Crippen LogP contribution in [0, 0.1) is 5.41 Å². The van der Waals surface area contributed by atoms with Crippen molar-refractivity contribution in [1.82, 2.24) is 10.2 Å². The van der Waals surface area contributed by atoms with Gasteiger partial charge in [0.2, 0.25) is 0 Å². The van der Waals surface area contributed by atoms with Crippen molar-refractivity contribution < 1.29 is 0 Å². The van der Waals surface area contributed by atoms with Crippen LogP contribution in [-0.4, -0.2) is 37.1 Å². The van der Waals surface area contributed by atoms with E-state index in [1.807, 2.05) is 0 Å². The van der Waals surface area contributed by atoms with Crippen molar-refractivity contribution in [2.24, 2.45) is 5.41 Å². The fourth-order valence-corrected chi connectivity index (χ4v) is 2.84. The van der Waals surface area contributed by atoms with E-state index in [-0.39, 0.29) is 0 Å². The second-order valence-corrected chi connectivity index (χ2v) is 6.22. The van der Waals surface area contributed by atoms with Gasteiger partial charge in [0, 0.05) is 25.7 Å². The van der Waals surface area contributed by atoms with Gasteiger partial charge in [-0.05, 0) is 31.2 Å². The summed E-state index contributed by atoms with van der Waals surface area (Å²) < 4.78 is 0. The minimum atomic E-state index is 0.372. The molecule has 0 bridgehead atoms. The molecular formula is C14H26N2. The molecule has 0 saturated carbocycles. The van der Waals surface area contributed by atoms with Crippen molar-refractivity contribution in [2.45, 2.75) is 46.1 Å². The van der Waals surface area contributed by atoms with E-state index < -0.39 is 0 Å². The Morgan fingerprint density at radius 1 is 1.38 bits per heavy atom. The first-order valence-corrected chi connectivity index (χ1v) is 6.71. The Labute approximate surface area is 100 Å². The van der Waals surface area contributed by atoms with Gasteiger partial charge in [0.05, 0.1) is 0 Å². The third kappa shape index (κ3) is 2.86. The number of hydrogen-bond acceptors (Lipinski definition) is 2. The first-order chi connectivity index (χ1) is 7.57. The van der Waals surface area contributed by atoms with E-state index in [9.17, 15) is 0 Å². The predicted octanol–water partition coefficient (Wildman–Crippen LogP) is 2.42. The molecule has 2 aliphatic heterocycles. The van der Waals surface area contributed by atoms with E-state index >= 15 is 0 Å². The van der Waals surface area contributed by atoms with Gasteiger partial charge in [-0.2, -0.15) is 0 Å². The summed E-state index contributed by atoms with van der Waals surface area (Å²) in [5.74, 6) is 0. The van der Waals surface area contributed by atoms with Crippen molar-refractivity contribution in [1.29, 1.82) is 0 Å². The lowest BCUT2D eigenvalue weighted by atomic mass is 9.82. The summed E-state index contributed by atoms with van der Waals surface area (Å²) in [6.45, 7) is 11.8. The first-order valence-electron chi connectivity index (χ1n) is 6.71. The molecule has 1 saturated heterocycles. The van der Waals surface area contributed by atoms with Crippen LogP contribution in [0.25, 0.3) is 0 Å². The van der Waals surface area contributed by atoms with Crippen LogP contribution in [0.4, 0.5) is 0 Å². The fraction of sp³-hybridized carbons (Fsp3) is 0.857. The average Bonchev–Trinajstić information content (AvgIpc) is 2.29. The summed E-state index contributed by atoms with van der Waals surface area (Å²) in [5.41, 5.74) is 2.02. The van der Waals surface area contributed by atoms with Crippen LogP contribution in [0.15, 0.2) is 11.6 Å². The van der Waals surface area contributed by atoms with Crippen LogP contribution >= 0.6 is 0 Å². The SMILES string of the molecule is CC(C)(C)C1=CCN(C2CCCNC2)CC1. The van der Waals surface area contributed by atoms with Gasteiger partial charge in [0.1, 0.15) is 0 Å². The highest BCUT2D eigenvalue weighted by molar-refractivity contribution is 5.15. The van der Waals surface area contributed by atoms with E-state index in [1.54, 1.807) is 5.57 Å². The molecule has 2 nitrogen and oxygen atoms in total. The van der Waals surface area contributed by atoms with Gasteiger partial charge >= 0.3 is 0 Å². The standard InChI is InChI=1S/C14H26N2/c1-14(2,3)12-6-9-16(10-7-12)13-5-4-8-15-11-13/h6,13,15H,4-5,7-11H2,1-3H3. The van der Waals surface area contributed by atoms with Gasteiger partial charge in [0.25, 0.3) is 0 Å². The number of piperidine rings is 1. The van der Waals surface area contributed by atoms with Crippen LogP contribution < -0.4 is 5.32 Å². The van der Waals surface area contributed by atoms with Gasteiger partial charge in [-0.3, -0.25) is 4.90 Å². The van der Waals surface area contributed by atoms with Crippen molar-refractivity contribution in [3.63, 3.8) is 0 Å². The number of nitrogens with zero attached hydrogens (tertiary/aromatic N) is 1. The van der Waals surface area contributed by atoms with Gasteiger partial charge < -0.3 is 5.32 Å². The largest absolute Gasteiger partial charge is 0.315 e. The van der Waals surface area contributed by atoms with E-state index in [0.29, 0.717) is 5.41 Å². The van der Waals surface area contributed by atoms with Crippen LogP contribution in [0.5, 0.6) is 0 Å². The summed E-state index contributed by atoms with van der Waals surface area (Å²) in [5, 5.41) is 3.51. The molecular weight excluding hydrogens is 196 g/mol. The summed E-state index contributed by atoms with van der Waals surface area (Å²) in [6, 6.07) is 0.784. The summed E-state index contributed by atoms with van der Waals surface area (Å²) in [4.78, 5) is 2.65. The Bertz CT molecular complexity index is 256. The van der Waals surface area contributed by atoms with Crippen molar-refractivity contribution in [3.8, 4) is 0 Å². The third-order valence-corrected chi connectivity index (χ3v) is 3.99. The van der Waals surface area contributed by atoms with Gasteiger partial charge in [-0.15, -0.1) is 0 Å². The normalized spacial score (nSPS) is 28.9. The molecule has 1 unspecified atom stereocenters. The molecule has 0 aromatic rings. The van der Waals surface area contributed by atoms with Crippen LogP contribution in [0.2, 0.25) is 0 Å². The lowest BCUT2D eigenvalue weighted by Crippen LogP contribution is -2.47. The maximum absolute atomic E-state index is 3.51. The van der Waals surface area contributed by atoms with Gasteiger partial charge in [0.15, 0.2) is 0 Å². The highest BCUT2D eigenvalue weighted by atomic mass is 15.2. The number of nitrogens with one attached hydrogen (secondary N) is 1. The van der Waals surface area contributed by atoms with E-state index in [2.05, 4.69) is 37.1 Å². The molecule has 2 rings (SSSR count). The van der Waals surface area contributed by atoms with Crippen molar-refractivity contribution in [3.05, 3.63) is 11.6 Å². The molecule has 16 heavy (non-hydrogen) atoms. The van der Waals surface area contributed by atoms with E-state index in [1.165, 1.54) is 45.4 Å². The Hall–Kier alpha value is -0.340. The molecule has 0 aromatic heterocycles. The zero-order chi connectivity index (χ0) is 11.6. The zero-order valence-corrected chi connectivity index (χ0v) is 11.1. The maximum atomic E-state index is 3.51. The van der Waals surface area contributed by atoms with Gasteiger partial charge in [-0.25, -0.2) is 0 Å². The highest BCUT2D eigenvalue weighted by Crippen LogP contribution is 2.30. The molecule has 92 valence electrons. The average molecular weight is 222 g/mol. The molecule has 1 fully saturated rings.